The van der Waals surface area contributed by atoms with Gasteiger partial charge in [0.05, 0.1) is 4.88 Å². The van der Waals surface area contributed by atoms with Gasteiger partial charge in [0.1, 0.15) is 11.7 Å². The van der Waals surface area contributed by atoms with Crippen molar-refractivity contribution in [2.24, 2.45) is 0 Å². The molecule has 3 rings (SSSR count). The SMILES string of the molecule is C[C@H](C(=O)c1ccc(Cl)cc1)n1nc(-c2cccs2)ccc1=O. The molecule has 4 nitrogen and oxygen atoms in total. The molecule has 0 bridgehead atoms. The van der Waals surface area contributed by atoms with Crippen LogP contribution in [0, 0.1) is 0 Å². The summed E-state index contributed by atoms with van der Waals surface area (Å²) in [6, 6.07) is 12.9. The second-order valence-electron chi connectivity index (χ2n) is 5.03. The van der Waals surface area contributed by atoms with Crippen molar-refractivity contribution >= 4 is 28.7 Å². The zero-order valence-corrected chi connectivity index (χ0v) is 13.8. The molecular formula is C17H13ClN2O2S. The molecule has 3 aromatic rings. The average molecular weight is 345 g/mol. The molecule has 0 aliphatic heterocycles. The van der Waals surface area contributed by atoms with Gasteiger partial charge in [-0.15, -0.1) is 11.3 Å². The summed E-state index contributed by atoms with van der Waals surface area (Å²) in [5.41, 5.74) is 0.868. The summed E-state index contributed by atoms with van der Waals surface area (Å²) in [6.45, 7) is 1.67. The van der Waals surface area contributed by atoms with Gasteiger partial charge < -0.3 is 0 Å². The number of thiophene rings is 1. The van der Waals surface area contributed by atoms with Gasteiger partial charge in [0.25, 0.3) is 5.56 Å². The molecule has 0 amide bonds. The Morgan fingerprint density at radius 1 is 1.17 bits per heavy atom. The maximum absolute atomic E-state index is 12.6. The molecule has 116 valence electrons. The quantitative estimate of drug-likeness (QED) is 0.670. The summed E-state index contributed by atoms with van der Waals surface area (Å²) in [7, 11) is 0. The molecule has 1 atom stereocenters. The van der Waals surface area contributed by atoms with Crippen LogP contribution >= 0.6 is 22.9 Å². The summed E-state index contributed by atoms with van der Waals surface area (Å²) in [6.07, 6.45) is 0. The number of carbonyl (C=O) groups excluding carboxylic acids is 1. The molecule has 0 saturated heterocycles. The van der Waals surface area contributed by atoms with E-state index in [1.165, 1.54) is 22.1 Å². The van der Waals surface area contributed by atoms with E-state index in [1.54, 1.807) is 37.3 Å². The van der Waals surface area contributed by atoms with Crippen molar-refractivity contribution in [1.29, 1.82) is 0 Å². The maximum Gasteiger partial charge on any atom is 0.267 e. The van der Waals surface area contributed by atoms with E-state index >= 15 is 0 Å². The molecule has 1 aromatic carbocycles. The fourth-order valence-electron chi connectivity index (χ4n) is 2.22. The van der Waals surface area contributed by atoms with Crippen molar-refractivity contribution in [3.8, 4) is 10.6 Å². The van der Waals surface area contributed by atoms with Crippen LogP contribution in [0.1, 0.15) is 23.3 Å². The smallest absolute Gasteiger partial charge is 0.267 e. The van der Waals surface area contributed by atoms with Crippen molar-refractivity contribution < 1.29 is 4.79 Å². The lowest BCUT2D eigenvalue weighted by atomic mass is 10.1. The Kier molecular flexibility index (Phi) is 4.41. The minimum Gasteiger partial charge on any atom is -0.292 e. The van der Waals surface area contributed by atoms with E-state index in [4.69, 9.17) is 11.6 Å². The fraction of sp³-hybridized carbons (Fsp3) is 0.118. The van der Waals surface area contributed by atoms with E-state index in [-0.39, 0.29) is 11.3 Å². The molecule has 23 heavy (non-hydrogen) atoms. The number of hydrogen-bond acceptors (Lipinski definition) is 4. The van der Waals surface area contributed by atoms with Crippen LogP contribution < -0.4 is 5.56 Å². The normalized spacial score (nSPS) is 12.1. The van der Waals surface area contributed by atoms with Gasteiger partial charge in [0, 0.05) is 16.7 Å². The predicted octanol–water partition coefficient (Wildman–Crippen LogP) is 4.07. The van der Waals surface area contributed by atoms with E-state index < -0.39 is 6.04 Å². The number of Topliss-reactive ketones (excluding diaryl/α,β-unsaturated/α-hetero) is 1. The van der Waals surface area contributed by atoms with Crippen molar-refractivity contribution in [2.75, 3.05) is 0 Å². The van der Waals surface area contributed by atoms with Crippen molar-refractivity contribution in [1.82, 2.24) is 9.78 Å². The highest BCUT2D eigenvalue weighted by Crippen LogP contribution is 2.22. The average Bonchev–Trinajstić information content (AvgIpc) is 3.09. The molecular weight excluding hydrogens is 332 g/mol. The summed E-state index contributed by atoms with van der Waals surface area (Å²) in [5, 5.41) is 6.85. The minimum absolute atomic E-state index is 0.181. The molecule has 0 fully saturated rings. The van der Waals surface area contributed by atoms with Gasteiger partial charge in [0.15, 0.2) is 5.78 Å². The Morgan fingerprint density at radius 2 is 1.91 bits per heavy atom. The molecule has 0 spiro atoms. The molecule has 0 radical (unpaired) electrons. The molecule has 0 aliphatic rings. The number of rotatable bonds is 4. The summed E-state index contributed by atoms with van der Waals surface area (Å²) in [5.74, 6) is -0.181. The Morgan fingerprint density at radius 3 is 2.57 bits per heavy atom. The van der Waals surface area contributed by atoms with E-state index in [0.717, 1.165) is 4.88 Å². The van der Waals surface area contributed by atoms with Crippen LogP contribution in [0.25, 0.3) is 10.6 Å². The van der Waals surface area contributed by atoms with Crippen LogP contribution in [0.15, 0.2) is 58.7 Å². The first-order chi connectivity index (χ1) is 11.1. The van der Waals surface area contributed by atoms with Crippen LogP contribution in [0.4, 0.5) is 0 Å². The van der Waals surface area contributed by atoms with Crippen molar-refractivity contribution in [2.45, 2.75) is 13.0 Å². The lowest BCUT2D eigenvalue weighted by molar-refractivity contribution is 0.0925. The highest BCUT2D eigenvalue weighted by Gasteiger charge is 2.19. The van der Waals surface area contributed by atoms with E-state index in [2.05, 4.69) is 5.10 Å². The van der Waals surface area contributed by atoms with Gasteiger partial charge in [-0.25, -0.2) is 4.68 Å². The van der Waals surface area contributed by atoms with Gasteiger partial charge in [0.2, 0.25) is 0 Å². The Labute approximate surface area is 142 Å². The number of halogens is 1. The molecule has 0 aliphatic carbocycles. The van der Waals surface area contributed by atoms with Gasteiger partial charge in [-0.2, -0.15) is 5.10 Å². The molecule has 2 aromatic heterocycles. The van der Waals surface area contributed by atoms with Gasteiger partial charge in [-0.05, 0) is 48.7 Å². The Hall–Kier alpha value is -2.24. The first-order valence-electron chi connectivity index (χ1n) is 7.00. The third-order valence-electron chi connectivity index (χ3n) is 3.47. The number of aromatic nitrogens is 2. The van der Waals surface area contributed by atoms with Crippen LogP contribution in [-0.2, 0) is 0 Å². The minimum atomic E-state index is -0.691. The van der Waals surface area contributed by atoms with Crippen LogP contribution in [0.5, 0.6) is 0 Å². The monoisotopic (exact) mass is 344 g/mol. The van der Waals surface area contributed by atoms with Crippen molar-refractivity contribution in [3.63, 3.8) is 0 Å². The second kappa shape index (κ2) is 6.48. The third kappa shape index (κ3) is 3.25. The zero-order chi connectivity index (χ0) is 16.4. The lowest BCUT2D eigenvalue weighted by Crippen LogP contribution is -2.30. The standard InChI is InChI=1S/C17H13ClN2O2S/c1-11(17(22)12-4-6-13(18)7-5-12)20-16(21)9-8-14(19-20)15-3-2-10-23-15/h2-11H,1H3/t11-/m1/s1. The van der Waals surface area contributed by atoms with Gasteiger partial charge in [-0.3, -0.25) is 9.59 Å². The first-order valence-corrected chi connectivity index (χ1v) is 8.25. The summed E-state index contributed by atoms with van der Waals surface area (Å²) in [4.78, 5) is 25.6. The first kappa shape index (κ1) is 15.6. The zero-order valence-electron chi connectivity index (χ0n) is 12.3. The number of hydrogen-bond donors (Lipinski definition) is 0. The van der Waals surface area contributed by atoms with E-state index in [1.807, 2.05) is 17.5 Å². The third-order valence-corrected chi connectivity index (χ3v) is 4.62. The van der Waals surface area contributed by atoms with Crippen molar-refractivity contribution in [3.05, 3.63) is 74.9 Å². The number of ketones is 1. The van der Waals surface area contributed by atoms with Gasteiger partial charge in [-0.1, -0.05) is 17.7 Å². The number of carbonyl (C=O) groups is 1. The number of benzene rings is 1. The summed E-state index contributed by atoms with van der Waals surface area (Å²) < 4.78 is 1.23. The van der Waals surface area contributed by atoms with Crippen LogP contribution in [0.2, 0.25) is 5.02 Å². The fourth-order valence-corrected chi connectivity index (χ4v) is 3.04. The molecule has 2 heterocycles. The molecule has 0 N–H and O–H groups in total. The van der Waals surface area contributed by atoms with E-state index in [9.17, 15) is 9.59 Å². The predicted molar refractivity (Wildman–Crippen MR) is 92.3 cm³/mol. The topological polar surface area (TPSA) is 52.0 Å². The maximum atomic E-state index is 12.6. The molecule has 0 unspecified atom stereocenters. The van der Waals surface area contributed by atoms with E-state index in [0.29, 0.717) is 16.3 Å². The highest BCUT2D eigenvalue weighted by molar-refractivity contribution is 7.13. The van der Waals surface area contributed by atoms with Gasteiger partial charge >= 0.3 is 0 Å². The number of nitrogens with zero attached hydrogens (tertiary/aromatic N) is 2. The highest BCUT2D eigenvalue weighted by atomic mass is 35.5. The summed E-state index contributed by atoms with van der Waals surface area (Å²) >= 11 is 7.37. The largest absolute Gasteiger partial charge is 0.292 e. The Balaban J connectivity index is 1.97. The second-order valence-corrected chi connectivity index (χ2v) is 6.41. The molecule has 0 saturated carbocycles. The van der Waals surface area contributed by atoms with Crippen LogP contribution in [-0.4, -0.2) is 15.6 Å². The molecule has 6 heteroatoms. The lowest BCUT2D eigenvalue weighted by Gasteiger charge is -2.13. The van der Waals surface area contributed by atoms with Crippen LogP contribution in [0.3, 0.4) is 0 Å². The Bertz CT molecular complexity index is 886.